The third kappa shape index (κ3) is 6.15. The maximum atomic E-state index is 15.6. The number of primary amides is 1. The summed E-state index contributed by atoms with van der Waals surface area (Å²) in [4.78, 5) is 27.0. The zero-order chi connectivity index (χ0) is 30.4. The summed E-state index contributed by atoms with van der Waals surface area (Å²) in [6, 6.07) is 2.83. The van der Waals surface area contributed by atoms with E-state index in [4.69, 9.17) is 5.73 Å². The van der Waals surface area contributed by atoms with E-state index in [2.05, 4.69) is 16.0 Å². The van der Waals surface area contributed by atoms with E-state index in [0.29, 0.717) is 60.6 Å². The van der Waals surface area contributed by atoms with Gasteiger partial charge >= 0.3 is 6.03 Å². The fraction of sp³-hybridized carbons (Fsp3) is 0.600. The van der Waals surface area contributed by atoms with E-state index in [0.717, 1.165) is 37.1 Å². The van der Waals surface area contributed by atoms with Gasteiger partial charge in [-0.05, 0) is 88.6 Å². The minimum absolute atomic E-state index is 0.0281. The number of fused-ring (bicyclic) bond motifs is 3. The largest absolute Gasteiger partial charge is 0.382 e. The van der Waals surface area contributed by atoms with E-state index in [1.807, 2.05) is 37.4 Å². The molecule has 1 aromatic heterocycles. The molecule has 5 N–H and O–H groups in total. The molecule has 2 aliphatic carbocycles. The molecule has 1 aromatic carbocycles. The second kappa shape index (κ2) is 11.5. The van der Waals surface area contributed by atoms with Crippen molar-refractivity contribution in [1.29, 1.82) is 0 Å². The van der Waals surface area contributed by atoms with Crippen LogP contribution >= 0.6 is 0 Å². The molecule has 1 aliphatic heterocycles. The van der Waals surface area contributed by atoms with E-state index in [-0.39, 0.29) is 29.4 Å². The van der Waals surface area contributed by atoms with Gasteiger partial charge in [-0.25, -0.2) is 17.6 Å². The van der Waals surface area contributed by atoms with Crippen molar-refractivity contribution in [2.75, 3.05) is 38.3 Å². The number of rotatable bonds is 8. The van der Waals surface area contributed by atoms with Crippen molar-refractivity contribution in [1.82, 2.24) is 20.1 Å². The molecular weight excluding hydrogens is 559 g/mol. The number of nitrogens with one attached hydrogen (secondary N) is 3. The highest BCUT2D eigenvalue weighted by Crippen LogP contribution is 2.44. The molecule has 2 heterocycles. The number of sulfone groups is 1. The molecule has 3 amide bonds. The first-order valence-electron chi connectivity index (χ1n) is 14.8. The molecule has 2 aromatic rings. The molecule has 42 heavy (non-hydrogen) atoms. The highest BCUT2D eigenvalue weighted by molar-refractivity contribution is 7.91. The Kier molecular flexibility index (Phi) is 8.32. The van der Waals surface area contributed by atoms with E-state index < -0.39 is 27.0 Å². The average molecular weight is 603 g/mol. The van der Waals surface area contributed by atoms with Gasteiger partial charge in [0.25, 0.3) is 5.91 Å². The number of carbonyl (C=O) groups excluding carboxylic acids is 2. The van der Waals surface area contributed by atoms with Gasteiger partial charge in [-0.2, -0.15) is 0 Å². The number of hydrogen-bond donors (Lipinski definition) is 4. The summed E-state index contributed by atoms with van der Waals surface area (Å²) >= 11 is 0. The highest BCUT2D eigenvalue weighted by atomic mass is 32.2. The van der Waals surface area contributed by atoms with Crippen LogP contribution in [0.2, 0.25) is 0 Å². The van der Waals surface area contributed by atoms with Crippen molar-refractivity contribution in [3.8, 4) is 5.69 Å². The maximum Gasteiger partial charge on any atom is 0.315 e. The molecule has 5 rings (SSSR count). The van der Waals surface area contributed by atoms with Gasteiger partial charge in [0.05, 0.1) is 27.6 Å². The molecule has 230 valence electrons. The summed E-state index contributed by atoms with van der Waals surface area (Å²) in [7, 11) is 0.404. The molecule has 0 saturated heterocycles. The molecule has 3 aliphatic rings. The molecule has 0 radical (unpaired) electrons. The number of benzene rings is 1. The predicted molar refractivity (Wildman–Crippen MR) is 161 cm³/mol. The Hall–Kier alpha value is -3.12. The van der Waals surface area contributed by atoms with Crippen LogP contribution in [0.5, 0.6) is 0 Å². The lowest BCUT2D eigenvalue weighted by atomic mass is 9.89. The molecule has 1 saturated carbocycles. The van der Waals surface area contributed by atoms with Crippen LogP contribution in [0, 0.1) is 11.2 Å². The highest BCUT2D eigenvalue weighted by Gasteiger charge is 2.42. The number of urea groups is 1. The monoisotopic (exact) mass is 602 g/mol. The number of likely N-dealkylation sites (N-methyl/N-ethyl adjacent to an activating group) is 1. The van der Waals surface area contributed by atoms with E-state index >= 15 is 4.39 Å². The number of carbonyl (C=O) groups is 2. The summed E-state index contributed by atoms with van der Waals surface area (Å²) < 4.78 is 44.4. The van der Waals surface area contributed by atoms with E-state index in [9.17, 15) is 18.0 Å². The summed E-state index contributed by atoms with van der Waals surface area (Å²) in [5.41, 5.74) is 8.24. The molecule has 12 heteroatoms. The maximum absolute atomic E-state index is 15.6. The van der Waals surface area contributed by atoms with Crippen LogP contribution < -0.4 is 21.7 Å². The molecule has 10 nitrogen and oxygen atoms in total. The van der Waals surface area contributed by atoms with Gasteiger partial charge < -0.3 is 31.2 Å². The first-order valence-corrected chi connectivity index (χ1v) is 16.5. The molecular formula is C30H43FN6O4S. The lowest BCUT2D eigenvalue weighted by Crippen LogP contribution is -2.46. The number of anilines is 1. The molecule has 0 unspecified atom stereocenters. The van der Waals surface area contributed by atoms with Crippen LogP contribution in [0.15, 0.2) is 17.0 Å². The minimum Gasteiger partial charge on any atom is -0.382 e. The minimum atomic E-state index is -3.49. The molecule has 0 bridgehead atoms. The van der Waals surface area contributed by atoms with E-state index in [1.165, 1.54) is 6.07 Å². The van der Waals surface area contributed by atoms with E-state index in [1.54, 1.807) is 6.07 Å². The van der Waals surface area contributed by atoms with Gasteiger partial charge in [0, 0.05) is 36.6 Å². The fourth-order valence-electron chi connectivity index (χ4n) is 6.90. The van der Waals surface area contributed by atoms with Gasteiger partial charge in [0.1, 0.15) is 5.82 Å². The Balaban J connectivity index is 1.40. The number of hydrogen-bond acceptors (Lipinski definition) is 6. The second-order valence-corrected chi connectivity index (χ2v) is 15.0. The summed E-state index contributed by atoms with van der Waals surface area (Å²) in [5.74, 6) is -1.52. The van der Waals surface area contributed by atoms with Gasteiger partial charge in [0.15, 0.2) is 9.84 Å². The Morgan fingerprint density at radius 2 is 1.79 bits per heavy atom. The Bertz CT molecular complexity index is 1490. The molecule has 1 fully saturated rings. The van der Waals surface area contributed by atoms with Gasteiger partial charge in [0.2, 0.25) is 0 Å². The second-order valence-electron chi connectivity index (χ2n) is 13.1. The SMILES string of the molecule is CN(C)CCNC(=O)NC1CCC(Nc2cc(-n3c4c(c5c3CC(C)(C)CS5(=O)=O)CCC4)cc(F)c2C(N)=O)CC1. The van der Waals surface area contributed by atoms with Crippen LogP contribution in [0.25, 0.3) is 5.69 Å². The van der Waals surface area contributed by atoms with Crippen molar-refractivity contribution >= 4 is 27.5 Å². The molecule has 0 spiro atoms. The third-order valence-electron chi connectivity index (χ3n) is 8.65. The van der Waals surface area contributed by atoms with Crippen molar-refractivity contribution in [2.45, 2.75) is 82.2 Å². The van der Waals surface area contributed by atoms with Crippen LogP contribution in [-0.2, 0) is 29.1 Å². The fourth-order valence-corrected chi connectivity index (χ4v) is 9.30. The Labute approximate surface area is 247 Å². The zero-order valence-electron chi connectivity index (χ0n) is 25.0. The van der Waals surface area contributed by atoms with Gasteiger partial charge in [-0.1, -0.05) is 13.8 Å². The topological polar surface area (TPSA) is 139 Å². The van der Waals surface area contributed by atoms with Crippen molar-refractivity contribution < 1.29 is 22.4 Å². The lowest BCUT2D eigenvalue weighted by molar-refractivity contribution is 0.0997. The number of halogens is 1. The molecule has 0 atom stereocenters. The Morgan fingerprint density at radius 1 is 1.10 bits per heavy atom. The van der Waals surface area contributed by atoms with Crippen molar-refractivity contribution in [3.63, 3.8) is 0 Å². The standard InChI is InChI=1S/C30H43FN6O4S/c1-30(2)16-25-27(42(40,41)17-30)21-6-5-7-24(21)37(25)20-14-22(31)26(28(32)38)23(15-20)34-18-8-10-19(11-9-18)35-29(39)33-12-13-36(3)4/h14-15,18-19,34H,5-13,16-17H2,1-4H3,(H2,32,38)(H2,33,35,39). The number of nitrogens with zero attached hydrogens (tertiary/aromatic N) is 2. The van der Waals surface area contributed by atoms with Crippen LogP contribution in [0.3, 0.4) is 0 Å². The zero-order valence-corrected chi connectivity index (χ0v) is 25.8. The predicted octanol–water partition coefficient (Wildman–Crippen LogP) is 3.14. The van der Waals surface area contributed by atoms with Gasteiger partial charge in [-0.3, -0.25) is 4.79 Å². The number of nitrogens with two attached hydrogens (primary N) is 1. The summed E-state index contributed by atoms with van der Waals surface area (Å²) in [5, 5.41) is 9.26. The lowest BCUT2D eigenvalue weighted by Gasteiger charge is -2.32. The quantitative estimate of drug-likeness (QED) is 0.366. The first kappa shape index (κ1) is 30.3. The average Bonchev–Trinajstić information content (AvgIpc) is 3.43. The van der Waals surface area contributed by atoms with Crippen molar-refractivity contribution in [2.24, 2.45) is 11.1 Å². The smallest absolute Gasteiger partial charge is 0.315 e. The van der Waals surface area contributed by atoms with Crippen molar-refractivity contribution in [3.05, 3.63) is 40.5 Å². The van der Waals surface area contributed by atoms with Crippen LogP contribution in [-0.4, -0.2) is 74.8 Å². The number of aromatic nitrogens is 1. The Morgan fingerprint density at radius 3 is 2.45 bits per heavy atom. The first-order chi connectivity index (χ1) is 19.8. The van der Waals surface area contributed by atoms with Gasteiger partial charge in [-0.15, -0.1) is 0 Å². The summed E-state index contributed by atoms with van der Waals surface area (Å²) in [6.45, 7) is 5.20. The third-order valence-corrected chi connectivity index (χ3v) is 10.9. The van der Waals surface area contributed by atoms with Crippen LogP contribution in [0.1, 0.15) is 73.3 Å². The summed E-state index contributed by atoms with van der Waals surface area (Å²) in [6.07, 6.45) is 5.69. The number of amides is 3. The normalized spacial score (nSPS) is 22.3. The van der Waals surface area contributed by atoms with Crippen LogP contribution in [0.4, 0.5) is 14.9 Å².